The highest BCUT2D eigenvalue weighted by atomic mass is 35.5. The Kier molecular flexibility index (Phi) is 4.40. The number of carbonyl (C=O) groups is 1. The van der Waals surface area contributed by atoms with E-state index >= 15 is 0 Å². The van der Waals surface area contributed by atoms with Crippen LogP contribution in [0.1, 0.15) is 37.6 Å². The monoisotopic (exact) mass is 254 g/mol. The minimum absolute atomic E-state index is 0.0751. The molecular weight excluding hydrogens is 236 g/mol. The molecule has 0 spiro atoms. The van der Waals surface area contributed by atoms with Crippen LogP contribution in [0.4, 0.5) is 5.69 Å². The van der Waals surface area contributed by atoms with E-state index in [1.807, 2.05) is 0 Å². The third-order valence-electron chi connectivity index (χ3n) is 2.96. The second-order valence-electron chi connectivity index (χ2n) is 4.90. The fourth-order valence-electron chi connectivity index (χ4n) is 1.31. The Morgan fingerprint density at radius 1 is 1.47 bits per heavy atom. The normalized spacial score (nSPS) is 11.3. The molecule has 3 N–H and O–H groups in total. The molecule has 17 heavy (non-hydrogen) atoms. The fourth-order valence-corrected chi connectivity index (χ4v) is 1.58. The summed E-state index contributed by atoms with van der Waals surface area (Å²) in [4.78, 5) is 12.0. The van der Waals surface area contributed by atoms with Gasteiger partial charge in [-0.1, -0.05) is 38.4 Å². The average Bonchev–Trinajstić information content (AvgIpc) is 2.26. The highest BCUT2D eigenvalue weighted by Gasteiger charge is 2.19. The van der Waals surface area contributed by atoms with Gasteiger partial charge in [0.15, 0.2) is 0 Å². The van der Waals surface area contributed by atoms with Gasteiger partial charge in [0.05, 0.1) is 10.6 Å². The van der Waals surface area contributed by atoms with Crippen molar-refractivity contribution in [3.63, 3.8) is 0 Å². The second kappa shape index (κ2) is 5.41. The maximum absolute atomic E-state index is 12.0. The molecule has 0 heterocycles. The lowest BCUT2D eigenvalue weighted by Crippen LogP contribution is -2.34. The van der Waals surface area contributed by atoms with Crippen LogP contribution in [-0.4, -0.2) is 12.5 Å². The Balaban J connectivity index is 2.78. The molecule has 0 unspecified atom stereocenters. The van der Waals surface area contributed by atoms with Crippen molar-refractivity contribution in [1.82, 2.24) is 5.32 Å². The van der Waals surface area contributed by atoms with Crippen LogP contribution in [0, 0.1) is 5.41 Å². The van der Waals surface area contributed by atoms with Crippen molar-refractivity contribution < 1.29 is 4.79 Å². The third kappa shape index (κ3) is 3.63. The van der Waals surface area contributed by atoms with Crippen LogP contribution in [0.5, 0.6) is 0 Å². The summed E-state index contributed by atoms with van der Waals surface area (Å²) in [6.07, 6.45) is 0.991. The maximum Gasteiger partial charge on any atom is 0.254 e. The summed E-state index contributed by atoms with van der Waals surface area (Å²) in [5, 5.41) is 3.25. The molecule has 0 aliphatic carbocycles. The SMILES string of the molecule is CCC(C)(C)CNC(=O)c1c(N)cccc1Cl. The van der Waals surface area contributed by atoms with Gasteiger partial charge in [0, 0.05) is 12.2 Å². The molecule has 0 atom stereocenters. The number of hydrogen-bond donors (Lipinski definition) is 2. The number of anilines is 1. The van der Waals surface area contributed by atoms with Gasteiger partial charge in [-0.05, 0) is 24.0 Å². The minimum Gasteiger partial charge on any atom is -0.398 e. The molecule has 0 bridgehead atoms. The molecule has 4 heteroatoms. The van der Waals surface area contributed by atoms with Gasteiger partial charge in [-0.15, -0.1) is 0 Å². The van der Waals surface area contributed by atoms with Crippen molar-refractivity contribution in [2.24, 2.45) is 5.41 Å². The Morgan fingerprint density at radius 3 is 2.65 bits per heavy atom. The summed E-state index contributed by atoms with van der Waals surface area (Å²) in [6, 6.07) is 5.06. The predicted octanol–water partition coefficient (Wildman–Crippen LogP) is 3.09. The number of carbonyl (C=O) groups excluding carboxylic acids is 1. The Bertz CT molecular complexity index is 396. The predicted molar refractivity (Wildman–Crippen MR) is 72.3 cm³/mol. The first-order chi connectivity index (χ1) is 7.87. The molecule has 0 saturated carbocycles. The number of benzene rings is 1. The summed E-state index contributed by atoms with van der Waals surface area (Å²) in [7, 11) is 0. The highest BCUT2D eigenvalue weighted by Crippen LogP contribution is 2.23. The first-order valence-electron chi connectivity index (χ1n) is 5.69. The molecule has 0 aliphatic heterocycles. The molecule has 1 aromatic carbocycles. The van der Waals surface area contributed by atoms with Gasteiger partial charge in [0.2, 0.25) is 0 Å². The summed E-state index contributed by atoms with van der Waals surface area (Å²) < 4.78 is 0. The van der Waals surface area contributed by atoms with E-state index in [1.165, 1.54) is 0 Å². The lowest BCUT2D eigenvalue weighted by atomic mass is 9.90. The minimum atomic E-state index is -0.213. The molecule has 3 nitrogen and oxygen atoms in total. The summed E-state index contributed by atoms with van der Waals surface area (Å²) in [5.41, 5.74) is 6.59. The molecule has 0 fully saturated rings. The third-order valence-corrected chi connectivity index (χ3v) is 3.27. The molecule has 94 valence electrons. The summed E-state index contributed by atoms with van der Waals surface area (Å²) in [6.45, 7) is 6.90. The van der Waals surface area contributed by atoms with Gasteiger partial charge in [0.1, 0.15) is 0 Å². The van der Waals surface area contributed by atoms with Crippen LogP contribution in [0.25, 0.3) is 0 Å². The number of rotatable bonds is 4. The van der Waals surface area contributed by atoms with Crippen molar-refractivity contribution in [2.75, 3.05) is 12.3 Å². The zero-order chi connectivity index (χ0) is 13.1. The smallest absolute Gasteiger partial charge is 0.254 e. The standard InChI is InChI=1S/C13H19ClN2O/c1-4-13(2,3)8-16-12(17)11-9(14)6-5-7-10(11)15/h5-7H,4,8,15H2,1-3H3,(H,16,17). The van der Waals surface area contributed by atoms with Crippen LogP contribution < -0.4 is 11.1 Å². The van der Waals surface area contributed by atoms with Crippen molar-refractivity contribution >= 4 is 23.2 Å². The van der Waals surface area contributed by atoms with Crippen molar-refractivity contribution in [1.29, 1.82) is 0 Å². The topological polar surface area (TPSA) is 55.1 Å². The van der Waals surface area contributed by atoms with Crippen LogP contribution >= 0.6 is 11.6 Å². The van der Waals surface area contributed by atoms with E-state index < -0.39 is 0 Å². The maximum atomic E-state index is 12.0. The zero-order valence-corrected chi connectivity index (χ0v) is 11.3. The van der Waals surface area contributed by atoms with Crippen LogP contribution in [-0.2, 0) is 0 Å². The van der Waals surface area contributed by atoms with E-state index in [2.05, 4.69) is 26.1 Å². The van der Waals surface area contributed by atoms with Crippen LogP contribution in [0.3, 0.4) is 0 Å². The second-order valence-corrected chi connectivity index (χ2v) is 5.31. The molecule has 1 aromatic rings. The molecule has 1 rings (SSSR count). The molecule has 0 aliphatic rings. The van der Waals surface area contributed by atoms with Crippen molar-refractivity contribution in [3.05, 3.63) is 28.8 Å². The lowest BCUT2D eigenvalue weighted by Gasteiger charge is -2.23. The van der Waals surface area contributed by atoms with E-state index in [4.69, 9.17) is 17.3 Å². The first-order valence-corrected chi connectivity index (χ1v) is 6.07. The van der Waals surface area contributed by atoms with Crippen LogP contribution in [0.15, 0.2) is 18.2 Å². The molecule has 0 radical (unpaired) electrons. The van der Waals surface area contributed by atoms with Gasteiger partial charge >= 0.3 is 0 Å². The Hall–Kier alpha value is -1.22. The van der Waals surface area contributed by atoms with Gasteiger partial charge < -0.3 is 11.1 Å². The van der Waals surface area contributed by atoms with E-state index in [0.717, 1.165) is 6.42 Å². The number of amides is 1. The number of nitrogens with one attached hydrogen (secondary N) is 1. The van der Waals surface area contributed by atoms with Gasteiger partial charge in [-0.25, -0.2) is 0 Å². The lowest BCUT2D eigenvalue weighted by molar-refractivity contribution is 0.0937. The van der Waals surface area contributed by atoms with E-state index in [9.17, 15) is 4.79 Å². The summed E-state index contributed by atoms with van der Waals surface area (Å²) in [5.74, 6) is -0.213. The van der Waals surface area contributed by atoms with E-state index in [-0.39, 0.29) is 11.3 Å². The summed E-state index contributed by atoms with van der Waals surface area (Å²) >= 11 is 5.97. The van der Waals surface area contributed by atoms with Gasteiger partial charge in [-0.3, -0.25) is 4.79 Å². The molecular formula is C13H19ClN2O. The Morgan fingerprint density at radius 2 is 2.12 bits per heavy atom. The molecule has 1 amide bonds. The number of nitrogens with two attached hydrogens (primary N) is 1. The van der Waals surface area contributed by atoms with Gasteiger partial charge in [-0.2, -0.15) is 0 Å². The Labute approximate surface area is 107 Å². The molecule has 0 aromatic heterocycles. The van der Waals surface area contributed by atoms with Gasteiger partial charge in [0.25, 0.3) is 5.91 Å². The highest BCUT2D eigenvalue weighted by molar-refractivity contribution is 6.34. The first kappa shape index (κ1) is 13.8. The van der Waals surface area contributed by atoms with Crippen molar-refractivity contribution in [2.45, 2.75) is 27.2 Å². The van der Waals surface area contributed by atoms with Crippen molar-refractivity contribution in [3.8, 4) is 0 Å². The molecule has 0 saturated heterocycles. The van der Waals surface area contributed by atoms with E-state index in [1.54, 1.807) is 18.2 Å². The zero-order valence-electron chi connectivity index (χ0n) is 10.5. The van der Waals surface area contributed by atoms with E-state index in [0.29, 0.717) is 22.8 Å². The average molecular weight is 255 g/mol. The number of hydrogen-bond acceptors (Lipinski definition) is 2. The largest absolute Gasteiger partial charge is 0.398 e. The van der Waals surface area contributed by atoms with Crippen LogP contribution in [0.2, 0.25) is 5.02 Å². The fraction of sp³-hybridized carbons (Fsp3) is 0.462. The quantitative estimate of drug-likeness (QED) is 0.812. The number of nitrogen functional groups attached to an aromatic ring is 1. The number of halogens is 1.